The summed E-state index contributed by atoms with van der Waals surface area (Å²) in [6.07, 6.45) is 11.0. The zero-order chi connectivity index (χ0) is 15.0. The Morgan fingerprint density at radius 2 is 1.82 bits per heavy atom. The van der Waals surface area contributed by atoms with Crippen LogP contribution in [-0.4, -0.2) is 20.5 Å². The van der Waals surface area contributed by atoms with Crippen LogP contribution in [0.4, 0.5) is 5.69 Å². The fourth-order valence-corrected chi connectivity index (χ4v) is 3.01. The number of pyridine rings is 3. The maximum Gasteiger partial charge on any atom is 0.0913 e. The molecule has 3 heterocycles. The molecule has 3 aromatic rings. The predicted molar refractivity (Wildman–Crippen MR) is 88.6 cm³/mol. The zero-order valence-electron chi connectivity index (χ0n) is 12.6. The largest absolute Gasteiger partial charge is 0.379 e. The lowest BCUT2D eigenvalue weighted by atomic mass is 9.78. The molecule has 4 nitrogen and oxygen atoms in total. The van der Waals surface area contributed by atoms with E-state index in [1.807, 2.05) is 30.6 Å². The molecule has 110 valence electrons. The van der Waals surface area contributed by atoms with Gasteiger partial charge in [0, 0.05) is 40.8 Å². The van der Waals surface area contributed by atoms with E-state index in [9.17, 15) is 0 Å². The van der Waals surface area contributed by atoms with E-state index in [0.29, 0.717) is 0 Å². The summed E-state index contributed by atoms with van der Waals surface area (Å²) >= 11 is 0. The highest BCUT2D eigenvalue weighted by atomic mass is 15.0. The smallest absolute Gasteiger partial charge is 0.0913 e. The Kier molecular flexibility index (Phi) is 3.03. The lowest BCUT2D eigenvalue weighted by Gasteiger charge is -2.40. The fraction of sp³-hybridized carbons (Fsp3) is 0.278. The minimum atomic E-state index is 0.201. The van der Waals surface area contributed by atoms with Crippen LogP contribution in [0.5, 0.6) is 0 Å². The van der Waals surface area contributed by atoms with E-state index in [0.717, 1.165) is 27.8 Å². The van der Waals surface area contributed by atoms with E-state index >= 15 is 0 Å². The Hall–Kier alpha value is -2.49. The van der Waals surface area contributed by atoms with Crippen molar-refractivity contribution in [3.05, 3.63) is 49.1 Å². The third-order valence-electron chi connectivity index (χ3n) is 4.48. The van der Waals surface area contributed by atoms with E-state index in [1.54, 1.807) is 12.4 Å². The van der Waals surface area contributed by atoms with E-state index in [-0.39, 0.29) is 5.54 Å². The molecule has 0 saturated heterocycles. The molecule has 0 bridgehead atoms. The Balaban J connectivity index is 1.86. The van der Waals surface area contributed by atoms with Crippen molar-refractivity contribution in [3.63, 3.8) is 0 Å². The number of nitrogens with zero attached hydrogens (tertiary/aromatic N) is 3. The summed E-state index contributed by atoms with van der Waals surface area (Å²) in [7, 11) is 0. The first-order valence-corrected chi connectivity index (χ1v) is 7.67. The number of hydrogen-bond donors (Lipinski definition) is 1. The first-order valence-electron chi connectivity index (χ1n) is 7.67. The highest BCUT2D eigenvalue weighted by Crippen LogP contribution is 2.37. The highest BCUT2D eigenvalue weighted by molar-refractivity contribution is 5.93. The summed E-state index contributed by atoms with van der Waals surface area (Å²) < 4.78 is 0. The molecular weight excluding hydrogens is 272 g/mol. The third kappa shape index (κ3) is 2.30. The van der Waals surface area contributed by atoms with E-state index in [4.69, 9.17) is 4.98 Å². The number of hydrogen-bond acceptors (Lipinski definition) is 4. The Labute approximate surface area is 129 Å². The fourth-order valence-electron chi connectivity index (χ4n) is 3.01. The molecule has 1 aliphatic carbocycles. The van der Waals surface area contributed by atoms with Crippen LogP contribution in [0.1, 0.15) is 26.2 Å². The molecule has 0 unspecified atom stereocenters. The molecule has 0 spiro atoms. The van der Waals surface area contributed by atoms with Crippen LogP contribution < -0.4 is 5.32 Å². The summed E-state index contributed by atoms with van der Waals surface area (Å²) in [5.41, 5.74) is 4.28. The highest BCUT2D eigenvalue weighted by Gasteiger charge is 2.31. The molecule has 0 radical (unpaired) electrons. The van der Waals surface area contributed by atoms with Crippen LogP contribution >= 0.6 is 0 Å². The monoisotopic (exact) mass is 290 g/mol. The van der Waals surface area contributed by atoms with Gasteiger partial charge in [-0.1, -0.05) is 0 Å². The summed E-state index contributed by atoms with van der Waals surface area (Å²) in [6, 6.07) is 8.14. The predicted octanol–water partition coefficient (Wildman–Crippen LogP) is 4.05. The molecule has 1 aliphatic rings. The van der Waals surface area contributed by atoms with Crippen LogP contribution in [0.3, 0.4) is 0 Å². The molecule has 0 aliphatic heterocycles. The quantitative estimate of drug-likeness (QED) is 0.790. The summed E-state index contributed by atoms with van der Waals surface area (Å²) in [5, 5.41) is 4.85. The first kappa shape index (κ1) is 13.2. The van der Waals surface area contributed by atoms with Crippen LogP contribution in [0.2, 0.25) is 0 Å². The van der Waals surface area contributed by atoms with Gasteiger partial charge in [-0.25, -0.2) is 4.98 Å². The van der Waals surface area contributed by atoms with Crippen LogP contribution in [0.15, 0.2) is 49.1 Å². The average molecular weight is 290 g/mol. The van der Waals surface area contributed by atoms with E-state index in [2.05, 4.69) is 28.3 Å². The number of anilines is 1. The van der Waals surface area contributed by atoms with Gasteiger partial charge in [0.25, 0.3) is 0 Å². The Morgan fingerprint density at radius 3 is 2.55 bits per heavy atom. The van der Waals surface area contributed by atoms with Gasteiger partial charge in [0.2, 0.25) is 0 Å². The van der Waals surface area contributed by atoms with Crippen LogP contribution in [0.25, 0.3) is 22.2 Å². The Morgan fingerprint density at radius 1 is 1.05 bits per heavy atom. The minimum Gasteiger partial charge on any atom is -0.379 e. The minimum absolute atomic E-state index is 0.201. The first-order chi connectivity index (χ1) is 10.7. The van der Waals surface area contributed by atoms with Gasteiger partial charge in [0.15, 0.2) is 0 Å². The molecule has 22 heavy (non-hydrogen) atoms. The molecule has 1 saturated carbocycles. The standard InChI is InChI=1S/C18H18N4/c1-18(6-2-7-18)22-16-11-15(13-3-8-19-9-4-13)21-17-12-20-10-5-14(16)17/h3-5,8-12H,2,6-7H2,1H3,(H,21,22). The topological polar surface area (TPSA) is 50.7 Å². The van der Waals surface area contributed by atoms with Crippen molar-refractivity contribution in [1.82, 2.24) is 15.0 Å². The van der Waals surface area contributed by atoms with Gasteiger partial charge in [0.1, 0.15) is 0 Å². The summed E-state index contributed by atoms with van der Waals surface area (Å²) in [4.78, 5) is 13.0. The van der Waals surface area contributed by atoms with Gasteiger partial charge in [0.05, 0.1) is 17.4 Å². The molecule has 4 rings (SSSR count). The van der Waals surface area contributed by atoms with E-state index in [1.165, 1.54) is 19.3 Å². The van der Waals surface area contributed by atoms with Gasteiger partial charge in [-0.15, -0.1) is 0 Å². The zero-order valence-corrected chi connectivity index (χ0v) is 12.6. The number of fused-ring (bicyclic) bond motifs is 1. The van der Waals surface area contributed by atoms with Crippen LogP contribution in [0, 0.1) is 0 Å². The molecule has 1 fully saturated rings. The summed E-state index contributed by atoms with van der Waals surface area (Å²) in [5.74, 6) is 0. The van der Waals surface area contributed by atoms with Crippen molar-refractivity contribution in [2.75, 3.05) is 5.32 Å². The van der Waals surface area contributed by atoms with Crippen LogP contribution in [-0.2, 0) is 0 Å². The van der Waals surface area contributed by atoms with Gasteiger partial charge in [-0.2, -0.15) is 0 Å². The Bertz CT molecular complexity index is 810. The maximum absolute atomic E-state index is 4.75. The van der Waals surface area contributed by atoms with Crippen molar-refractivity contribution in [1.29, 1.82) is 0 Å². The normalized spacial score (nSPS) is 16.2. The maximum atomic E-state index is 4.75. The second kappa shape index (κ2) is 5.05. The van der Waals surface area contributed by atoms with Crippen molar-refractivity contribution in [3.8, 4) is 11.3 Å². The molecular formula is C18H18N4. The van der Waals surface area contributed by atoms with Crippen molar-refractivity contribution in [2.24, 2.45) is 0 Å². The van der Waals surface area contributed by atoms with Gasteiger partial charge in [-0.05, 0) is 50.5 Å². The van der Waals surface area contributed by atoms with Crippen molar-refractivity contribution < 1.29 is 0 Å². The molecule has 0 aromatic carbocycles. The molecule has 4 heteroatoms. The number of aromatic nitrogens is 3. The summed E-state index contributed by atoms with van der Waals surface area (Å²) in [6.45, 7) is 2.29. The van der Waals surface area contributed by atoms with E-state index < -0.39 is 0 Å². The van der Waals surface area contributed by atoms with Crippen molar-refractivity contribution >= 4 is 16.6 Å². The SMILES string of the molecule is CC1(Nc2cc(-c3ccncc3)nc3cnccc23)CCC1. The average Bonchev–Trinajstić information content (AvgIpc) is 2.54. The van der Waals surface area contributed by atoms with Gasteiger partial charge in [-0.3, -0.25) is 9.97 Å². The van der Waals surface area contributed by atoms with Gasteiger partial charge >= 0.3 is 0 Å². The lowest BCUT2D eigenvalue weighted by molar-refractivity contribution is 0.307. The van der Waals surface area contributed by atoms with Crippen molar-refractivity contribution in [2.45, 2.75) is 31.7 Å². The molecule has 0 amide bonds. The lowest BCUT2D eigenvalue weighted by Crippen LogP contribution is -2.41. The van der Waals surface area contributed by atoms with Gasteiger partial charge < -0.3 is 5.32 Å². The third-order valence-corrected chi connectivity index (χ3v) is 4.48. The number of rotatable bonds is 3. The second-order valence-electron chi connectivity index (χ2n) is 6.22. The molecule has 0 atom stereocenters. The number of nitrogens with one attached hydrogen (secondary N) is 1. The molecule has 1 N–H and O–H groups in total. The second-order valence-corrected chi connectivity index (χ2v) is 6.22. The molecule has 3 aromatic heterocycles.